The van der Waals surface area contributed by atoms with Gasteiger partial charge in [-0.1, -0.05) is 121 Å². The van der Waals surface area contributed by atoms with Crippen LogP contribution in [0, 0.1) is 0 Å². The molecule has 0 saturated heterocycles. The summed E-state index contributed by atoms with van der Waals surface area (Å²) in [4.78, 5) is 3.55. The molecule has 2 heteroatoms. The van der Waals surface area contributed by atoms with E-state index in [0.717, 1.165) is 0 Å². The highest BCUT2D eigenvalue weighted by atomic mass is 15.0. The maximum absolute atomic E-state index is 3.55. The number of benzene rings is 6. The number of aromatic amines is 1. The van der Waals surface area contributed by atoms with Crippen LogP contribution in [0.4, 0.5) is 0 Å². The van der Waals surface area contributed by atoms with E-state index in [2.05, 4.69) is 161 Å². The molecular weight excluding hydrogens is 460 g/mol. The fourth-order valence-corrected chi connectivity index (χ4v) is 5.51. The molecule has 180 valence electrons. The van der Waals surface area contributed by atoms with Crippen LogP contribution in [0.3, 0.4) is 0 Å². The molecule has 0 amide bonds. The molecule has 0 aliphatic carbocycles. The number of hydrogen-bond donors (Lipinski definition) is 1. The average molecular weight is 487 g/mol. The van der Waals surface area contributed by atoms with E-state index < -0.39 is 0 Å². The van der Waals surface area contributed by atoms with Crippen LogP contribution in [0.2, 0.25) is 0 Å². The molecular formula is C36H26N2. The van der Waals surface area contributed by atoms with Crippen LogP contribution in [0.25, 0.3) is 60.4 Å². The Hall–Kier alpha value is -5.08. The van der Waals surface area contributed by atoms with E-state index in [0.29, 0.717) is 0 Å². The molecule has 8 rings (SSSR count). The largest absolute Gasteiger partial charge is 0.354 e. The van der Waals surface area contributed by atoms with Crippen LogP contribution < -0.4 is 0 Å². The van der Waals surface area contributed by atoms with E-state index in [1.54, 1.807) is 0 Å². The lowest BCUT2D eigenvalue weighted by Crippen LogP contribution is -1.92. The van der Waals surface area contributed by atoms with E-state index in [1.165, 1.54) is 60.4 Å². The maximum atomic E-state index is 3.55. The van der Waals surface area contributed by atoms with Gasteiger partial charge in [0.05, 0.1) is 16.6 Å². The van der Waals surface area contributed by atoms with Crippen molar-refractivity contribution in [2.75, 3.05) is 0 Å². The van der Waals surface area contributed by atoms with Gasteiger partial charge in [0.1, 0.15) is 0 Å². The van der Waals surface area contributed by atoms with E-state index in [4.69, 9.17) is 0 Å². The number of nitrogens with one attached hydrogen (secondary N) is 1. The van der Waals surface area contributed by atoms with Crippen molar-refractivity contribution < 1.29 is 0 Å². The van der Waals surface area contributed by atoms with E-state index in [9.17, 15) is 0 Å². The number of nitrogens with zero attached hydrogens (tertiary/aromatic N) is 1. The van der Waals surface area contributed by atoms with Crippen molar-refractivity contribution in [3.8, 4) is 16.8 Å². The first kappa shape index (κ1) is 22.1. The smallest absolute Gasteiger partial charge is 0.0544 e. The number of hydrogen-bond acceptors (Lipinski definition) is 0. The molecule has 0 saturated carbocycles. The molecule has 2 heterocycles. The van der Waals surface area contributed by atoms with Crippen LogP contribution in [-0.2, 0) is 0 Å². The number of H-pyrrole nitrogens is 1. The Balaban J connectivity index is 0.000000127. The molecule has 0 bridgehead atoms. The van der Waals surface area contributed by atoms with Gasteiger partial charge in [-0.2, -0.15) is 0 Å². The fraction of sp³-hybridized carbons (Fsp3) is 0. The predicted molar refractivity (Wildman–Crippen MR) is 162 cm³/mol. The SMILES string of the molecule is c1ccc(-c2cccc3c2[nH]c2ccccc23)cc1.c1ccc(-n2c3ccccc3c3ccccc32)cc1. The molecule has 0 radical (unpaired) electrons. The molecule has 38 heavy (non-hydrogen) atoms. The number of aromatic nitrogens is 2. The highest BCUT2D eigenvalue weighted by Crippen LogP contribution is 2.33. The topological polar surface area (TPSA) is 20.7 Å². The van der Waals surface area contributed by atoms with Crippen LogP contribution in [0.5, 0.6) is 0 Å². The summed E-state index contributed by atoms with van der Waals surface area (Å²) in [5.41, 5.74) is 8.65. The summed E-state index contributed by atoms with van der Waals surface area (Å²) in [6.45, 7) is 0. The molecule has 0 fully saturated rings. The minimum atomic E-state index is 1.20. The van der Waals surface area contributed by atoms with Gasteiger partial charge in [-0.15, -0.1) is 0 Å². The van der Waals surface area contributed by atoms with Crippen LogP contribution in [0.15, 0.2) is 152 Å². The van der Waals surface area contributed by atoms with Gasteiger partial charge in [0.25, 0.3) is 0 Å². The van der Waals surface area contributed by atoms with Crippen molar-refractivity contribution in [1.82, 2.24) is 9.55 Å². The Morgan fingerprint density at radius 2 is 0.921 bits per heavy atom. The minimum absolute atomic E-state index is 1.20. The lowest BCUT2D eigenvalue weighted by atomic mass is 10.0. The molecule has 0 atom stereocenters. The summed E-state index contributed by atoms with van der Waals surface area (Å²) in [6, 6.07) is 53.1. The molecule has 1 N–H and O–H groups in total. The summed E-state index contributed by atoms with van der Waals surface area (Å²) >= 11 is 0. The normalized spacial score (nSPS) is 11.2. The third-order valence-corrected chi connectivity index (χ3v) is 7.22. The number of para-hydroxylation sites is 5. The van der Waals surface area contributed by atoms with Gasteiger partial charge in [0.15, 0.2) is 0 Å². The first-order valence-electron chi connectivity index (χ1n) is 13.0. The second-order valence-corrected chi connectivity index (χ2v) is 9.47. The Morgan fingerprint density at radius 1 is 0.395 bits per heavy atom. The summed E-state index contributed by atoms with van der Waals surface area (Å²) in [5.74, 6) is 0. The van der Waals surface area contributed by atoms with E-state index in [1.807, 2.05) is 0 Å². The van der Waals surface area contributed by atoms with Crippen molar-refractivity contribution in [3.63, 3.8) is 0 Å². The molecule has 6 aromatic carbocycles. The predicted octanol–water partition coefficient (Wildman–Crippen LogP) is 9.77. The molecule has 2 nitrogen and oxygen atoms in total. The van der Waals surface area contributed by atoms with Crippen LogP contribution >= 0.6 is 0 Å². The standard InChI is InChI=1S/2C18H13N/c1-2-8-14(9-3-1)19-17-12-6-4-10-15(17)16-11-5-7-13-18(16)19;1-2-7-13(8-3-1)14-10-6-11-16-15-9-4-5-12-17(15)19-18(14)16/h1-13H;1-12,19H. The third-order valence-electron chi connectivity index (χ3n) is 7.22. The van der Waals surface area contributed by atoms with Gasteiger partial charge < -0.3 is 9.55 Å². The second kappa shape index (κ2) is 9.42. The highest BCUT2D eigenvalue weighted by molar-refractivity contribution is 6.12. The first-order valence-corrected chi connectivity index (χ1v) is 13.0. The first-order chi connectivity index (χ1) is 18.9. The van der Waals surface area contributed by atoms with Crippen molar-refractivity contribution in [2.45, 2.75) is 0 Å². The number of rotatable bonds is 2. The van der Waals surface area contributed by atoms with Crippen molar-refractivity contribution in [2.24, 2.45) is 0 Å². The maximum Gasteiger partial charge on any atom is 0.0544 e. The van der Waals surface area contributed by atoms with Crippen molar-refractivity contribution >= 4 is 43.6 Å². The van der Waals surface area contributed by atoms with Crippen LogP contribution in [-0.4, -0.2) is 9.55 Å². The Morgan fingerprint density at radius 3 is 1.61 bits per heavy atom. The lowest BCUT2D eigenvalue weighted by Gasteiger charge is -2.06. The monoisotopic (exact) mass is 486 g/mol. The van der Waals surface area contributed by atoms with Crippen molar-refractivity contribution in [3.05, 3.63) is 152 Å². The third kappa shape index (κ3) is 3.75. The Bertz CT molecular complexity index is 1950. The van der Waals surface area contributed by atoms with Gasteiger partial charge in [-0.05, 0) is 35.9 Å². The van der Waals surface area contributed by atoms with E-state index >= 15 is 0 Å². The zero-order valence-corrected chi connectivity index (χ0v) is 20.9. The summed E-state index contributed by atoms with van der Waals surface area (Å²) in [6.07, 6.45) is 0. The van der Waals surface area contributed by atoms with E-state index in [-0.39, 0.29) is 0 Å². The Labute approximate surface area is 221 Å². The van der Waals surface area contributed by atoms with Crippen LogP contribution in [0.1, 0.15) is 0 Å². The minimum Gasteiger partial charge on any atom is -0.354 e. The van der Waals surface area contributed by atoms with Crippen molar-refractivity contribution in [1.29, 1.82) is 0 Å². The fourth-order valence-electron chi connectivity index (χ4n) is 5.51. The van der Waals surface area contributed by atoms with Gasteiger partial charge >= 0.3 is 0 Å². The van der Waals surface area contributed by atoms with Gasteiger partial charge in [0, 0.05) is 38.3 Å². The Kier molecular flexibility index (Phi) is 5.49. The summed E-state index contributed by atoms with van der Waals surface area (Å²) in [5, 5.41) is 5.19. The van der Waals surface area contributed by atoms with Gasteiger partial charge in [-0.3, -0.25) is 0 Å². The van der Waals surface area contributed by atoms with Gasteiger partial charge in [0.2, 0.25) is 0 Å². The molecule has 8 aromatic rings. The lowest BCUT2D eigenvalue weighted by molar-refractivity contribution is 1.18. The molecule has 2 aromatic heterocycles. The summed E-state index contributed by atoms with van der Waals surface area (Å²) < 4.78 is 2.32. The molecule has 0 aliphatic heterocycles. The average Bonchev–Trinajstić information content (AvgIpc) is 3.54. The molecule has 0 spiro atoms. The second-order valence-electron chi connectivity index (χ2n) is 9.47. The highest BCUT2D eigenvalue weighted by Gasteiger charge is 2.10. The molecule has 0 aliphatic rings. The zero-order chi connectivity index (χ0) is 25.3. The quantitative estimate of drug-likeness (QED) is 0.251. The number of fused-ring (bicyclic) bond motifs is 6. The zero-order valence-electron chi connectivity index (χ0n) is 20.9. The molecule has 0 unspecified atom stereocenters. The van der Waals surface area contributed by atoms with Gasteiger partial charge in [-0.25, -0.2) is 0 Å². The summed E-state index contributed by atoms with van der Waals surface area (Å²) in [7, 11) is 0.